The Morgan fingerprint density at radius 1 is 1.20 bits per heavy atom. The largest absolute Gasteiger partial charge is 0.325 e. The van der Waals surface area contributed by atoms with Gasteiger partial charge in [-0.25, -0.2) is 12.8 Å². The molecule has 1 N–H and O–H groups in total. The van der Waals surface area contributed by atoms with Gasteiger partial charge in [-0.3, -0.25) is 4.79 Å². The van der Waals surface area contributed by atoms with Gasteiger partial charge in [-0.1, -0.05) is 18.2 Å². The van der Waals surface area contributed by atoms with Gasteiger partial charge in [0.25, 0.3) is 0 Å². The minimum Gasteiger partial charge on any atom is -0.325 e. The second kappa shape index (κ2) is 7.92. The van der Waals surface area contributed by atoms with E-state index in [2.05, 4.69) is 20.8 Å². The zero-order valence-corrected chi connectivity index (χ0v) is 16.9. The first kappa shape index (κ1) is 20.1. The van der Waals surface area contributed by atoms with Crippen LogP contribution in [0.2, 0.25) is 0 Å². The van der Waals surface area contributed by atoms with Gasteiger partial charge in [0.1, 0.15) is 17.5 Å². The third kappa shape index (κ3) is 3.68. The molecule has 1 saturated heterocycles. The van der Waals surface area contributed by atoms with E-state index in [1.165, 1.54) is 39.3 Å². The van der Waals surface area contributed by atoms with Crippen LogP contribution in [0.3, 0.4) is 0 Å². The fraction of sp³-hybridized carbons (Fsp3) is 0.263. The number of benzene rings is 2. The number of nitrogens with zero attached hydrogens (tertiary/aromatic N) is 5. The van der Waals surface area contributed by atoms with E-state index < -0.39 is 27.8 Å². The van der Waals surface area contributed by atoms with Crippen molar-refractivity contribution in [3.8, 4) is 5.69 Å². The Hall–Kier alpha value is -3.18. The summed E-state index contributed by atoms with van der Waals surface area (Å²) in [4.78, 5) is 13.0. The van der Waals surface area contributed by atoms with Crippen LogP contribution in [-0.4, -0.2) is 51.4 Å². The van der Waals surface area contributed by atoms with Crippen molar-refractivity contribution in [3.63, 3.8) is 0 Å². The molecule has 1 aliphatic heterocycles. The molecule has 1 atom stereocenters. The standard InChI is InChI=1S/C19H19FN6O3S/c1-13-22-23-24-26(13)18-12-14(9-10-16(18)20)21-19(27)17-8-5-11-25(17)30(28,29)15-6-3-2-4-7-15/h2-4,6-7,9-10,12,17H,5,8,11H2,1H3,(H,21,27). The van der Waals surface area contributed by atoms with Crippen molar-refractivity contribution in [1.29, 1.82) is 0 Å². The Balaban J connectivity index is 1.58. The molecule has 11 heteroatoms. The lowest BCUT2D eigenvalue weighted by Crippen LogP contribution is -2.43. The van der Waals surface area contributed by atoms with Gasteiger partial charge in [-0.2, -0.15) is 8.99 Å². The van der Waals surface area contributed by atoms with Crippen molar-refractivity contribution in [2.45, 2.75) is 30.7 Å². The molecule has 2 aromatic carbocycles. The van der Waals surface area contributed by atoms with Crippen LogP contribution in [0, 0.1) is 12.7 Å². The first-order valence-corrected chi connectivity index (χ1v) is 10.7. The monoisotopic (exact) mass is 430 g/mol. The summed E-state index contributed by atoms with van der Waals surface area (Å²) in [7, 11) is -3.80. The van der Waals surface area contributed by atoms with E-state index in [4.69, 9.17) is 0 Å². The molecule has 0 saturated carbocycles. The van der Waals surface area contributed by atoms with Crippen LogP contribution in [0.25, 0.3) is 5.69 Å². The van der Waals surface area contributed by atoms with E-state index in [1.54, 1.807) is 25.1 Å². The number of halogens is 1. The molecule has 1 aromatic heterocycles. The molecule has 1 aliphatic rings. The minimum atomic E-state index is -3.80. The minimum absolute atomic E-state index is 0.0792. The highest BCUT2D eigenvalue weighted by atomic mass is 32.2. The van der Waals surface area contributed by atoms with Gasteiger partial charge in [0, 0.05) is 12.2 Å². The number of anilines is 1. The lowest BCUT2D eigenvalue weighted by molar-refractivity contribution is -0.119. The Kier molecular flexibility index (Phi) is 5.31. The Morgan fingerprint density at radius 3 is 2.67 bits per heavy atom. The number of aryl methyl sites for hydroxylation is 1. The van der Waals surface area contributed by atoms with E-state index in [9.17, 15) is 17.6 Å². The predicted octanol–water partition coefficient (Wildman–Crippen LogP) is 1.90. The maximum absolute atomic E-state index is 14.2. The first-order valence-electron chi connectivity index (χ1n) is 9.30. The fourth-order valence-electron chi connectivity index (χ4n) is 3.45. The number of nitrogens with one attached hydrogen (secondary N) is 1. The molecule has 3 aromatic rings. The van der Waals surface area contributed by atoms with Gasteiger partial charge in [-0.05, 0) is 60.5 Å². The molecular formula is C19H19FN6O3S. The molecule has 0 aliphatic carbocycles. The summed E-state index contributed by atoms with van der Waals surface area (Å²) in [5.74, 6) is -0.649. The van der Waals surface area contributed by atoms with E-state index in [0.717, 1.165) is 0 Å². The summed E-state index contributed by atoms with van der Waals surface area (Å²) in [6, 6.07) is 11.2. The molecule has 1 fully saturated rings. The molecule has 156 valence electrons. The number of hydrogen-bond acceptors (Lipinski definition) is 6. The lowest BCUT2D eigenvalue weighted by atomic mass is 10.2. The number of rotatable bonds is 5. The normalized spacial score (nSPS) is 17.2. The summed E-state index contributed by atoms with van der Waals surface area (Å²) in [6.45, 7) is 1.88. The number of carbonyl (C=O) groups excluding carboxylic acids is 1. The predicted molar refractivity (Wildman–Crippen MR) is 106 cm³/mol. The van der Waals surface area contributed by atoms with Gasteiger partial charge in [0.2, 0.25) is 15.9 Å². The third-order valence-corrected chi connectivity index (χ3v) is 6.85. The second-order valence-electron chi connectivity index (χ2n) is 6.88. The second-order valence-corrected chi connectivity index (χ2v) is 8.77. The summed E-state index contributed by atoms with van der Waals surface area (Å²) in [6.07, 6.45) is 0.973. The zero-order valence-electron chi connectivity index (χ0n) is 16.1. The highest BCUT2D eigenvalue weighted by molar-refractivity contribution is 7.89. The Labute approximate surface area is 172 Å². The van der Waals surface area contributed by atoms with Crippen molar-refractivity contribution in [1.82, 2.24) is 24.5 Å². The summed E-state index contributed by atoms with van der Waals surface area (Å²) in [5.41, 5.74) is 0.394. The first-order chi connectivity index (χ1) is 14.4. The maximum atomic E-state index is 14.2. The molecule has 0 radical (unpaired) electrons. The van der Waals surface area contributed by atoms with Crippen LogP contribution in [0.15, 0.2) is 53.4 Å². The molecule has 2 heterocycles. The van der Waals surface area contributed by atoms with E-state index in [0.29, 0.717) is 24.4 Å². The average molecular weight is 430 g/mol. The van der Waals surface area contributed by atoms with Crippen molar-refractivity contribution in [2.24, 2.45) is 0 Å². The van der Waals surface area contributed by atoms with Gasteiger partial charge >= 0.3 is 0 Å². The smallest absolute Gasteiger partial charge is 0.243 e. The number of carbonyl (C=O) groups is 1. The summed E-state index contributed by atoms with van der Waals surface area (Å²) >= 11 is 0. The van der Waals surface area contributed by atoms with Crippen LogP contribution in [0.4, 0.5) is 10.1 Å². The average Bonchev–Trinajstić information content (AvgIpc) is 3.40. The third-order valence-electron chi connectivity index (χ3n) is 4.92. The van der Waals surface area contributed by atoms with Crippen LogP contribution >= 0.6 is 0 Å². The van der Waals surface area contributed by atoms with E-state index >= 15 is 0 Å². The number of amides is 1. The number of hydrogen-bond donors (Lipinski definition) is 1. The van der Waals surface area contributed by atoms with Gasteiger partial charge < -0.3 is 5.32 Å². The maximum Gasteiger partial charge on any atom is 0.243 e. The van der Waals surface area contributed by atoms with Crippen LogP contribution in [0.1, 0.15) is 18.7 Å². The molecule has 0 spiro atoms. The van der Waals surface area contributed by atoms with Gasteiger partial charge in [0.15, 0.2) is 5.82 Å². The van der Waals surface area contributed by atoms with E-state index in [1.807, 2.05) is 0 Å². The fourth-order valence-corrected chi connectivity index (χ4v) is 5.13. The van der Waals surface area contributed by atoms with E-state index in [-0.39, 0.29) is 17.1 Å². The number of tetrazole rings is 1. The zero-order chi connectivity index (χ0) is 21.3. The topological polar surface area (TPSA) is 110 Å². The lowest BCUT2D eigenvalue weighted by Gasteiger charge is -2.23. The number of sulfonamides is 1. The van der Waals surface area contributed by atoms with Crippen molar-refractivity contribution in [3.05, 3.63) is 60.2 Å². The quantitative estimate of drug-likeness (QED) is 0.662. The molecule has 1 unspecified atom stereocenters. The summed E-state index contributed by atoms with van der Waals surface area (Å²) in [5, 5.41) is 13.7. The van der Waals surface area contributed by atoms with Gasteiger partial charge in [-0.15, -0.1) is 5.10 Å². The summed E-state index contributed by atoms with van der Waals surface area (Å²) < 4.78 is 42.6. The molecular weight excluding hydrogens is 411 g/mol. The van der Waals surface area contributed by atoms with Gasteiger partial charge in [0.05, 0.1) is 4.90 Å². The van der Waals surface area contributed by atoms with Crippen LogP contribution < -0.4 is 5.32 Å². The molecule has 30 heavy (non-hydrogen) atoms. The SMILES string of the molecule is Cc1nnnn1-c1cc(NC(=O)C2CCCN2S(=O)(=O)c2ccccc2)ccc1F. The van der Waals surface area contributed by atoms with Crippen LogP contribution in [0.5, 0.6) is 0 Å². The van der Waals surface area contributed by atoms with Crippen LogP contribution in [-0.2, 0) is 14.8 Å². The highest BCUT2D eigenvalue weighted by Crippen LogP contribution is 2.27. The van der Waals surface area contributed by atoms with Crippen molar-refractivity contribution < 1.29 is 17.6 Å². The highest BCUT2D eigenvalue weighted by Gasteiger charge is 2.39. The van der Waals surface area contributed by atoms with Crippen molar-refractivity contribution in [2.75, 3.05) is 11.9 Å². The Bertz CT molecular complexity index is 1180. The molecule has 9 nitrogen and oxygen atoms in total. The molecule has 1 amide bonds. The number of aromatic nitrogens is 4. The van der Waals surface area contributed by atoms with Crippen molar-refractivity contribution >= 4 is 21.6 Å². The Morgan fingerprint density at radius 2 is 1.97 bits per heavy atom. The molecule has 4 rings (SSSR count). The molecule has 0 bridgehead atoms.